The SMILES string of the molecule is CC(=O)c1ccc(N2CCN(C(=S)Nc3ccc(C(C)C)cc3)CC2)c(F)c1. The average Bonchev–Trinajstić information content (AvgIpc) is 2.68. The number of carbonyl (C=O) groups excluding carboxylic acids is 1. The Hall–Kier alpha value is -2.47. The summed E-state index contributed by atoms with van der Waals surface area (Å²) in [6, 6.07) is 13.0. The van der Waals surface area contributed by atoms with Gasteiger partial charge in [0, 0.05) is 37.4 Å². The summed E-state index contributed by atoms with van der Waals surface area (Å²) >= 11 is 5.55. The third kappa shape index (κ3) is 4.68. The Morgan fingerprint density at radius 3 is 2.25 bits per heavy atom. The first-order valence-electron chi connectivity index (χ1n) is 9.56. The number of Topliss-reactive ketones (excluding diaryl/α,β-unsaturated/α-hetero) is 1. The molecule has 3 rings (SSSR count). The van der Waals surface area contributed by atoms with E-state index in [1.165, 1.54) is 18.6 Å². The summed E-state index contributed by atoms with van der Waals surface area (Å²) in [6.45, 7) is 8.55. The fourth-order valence-corrected chi connectivity index (χ4v) is 3.59. The molecule has 28 heavy (non-hydrogen) atoms. The van der Waals surface area contributed by atoms with Gasteiger partial charge in [0.2, 0.25) is 0 Å². The zero-order valence-corrected chi connectivity index (χ0v) is 17.4. The quantitative estimate of drug-likeness (QED) is 0.597. The maximum atomic E-state index is 14.4. The number of nitrogens with zero attached hydrogens (tertiary/aromatic N) is 2. The summed E-state index contributed by atoms with van der Waals surface area (Å²) in [5.41, 5.74) is 3.20. The van der Waals surface area contributed by atoms with Crippen LogP contribution in [0.4, 0.5) is 15.8 Å². The molecule has 0 amide bonds. The van der Waals surface area contributed by atoms with Crippen LogP contribution < -0.4 is 10.2 Å². The Kier molecular flexibility index (Phi) is 6.29. The van der Waals surface area contributed by atoms with E-state index < -0.39 is 0 Å². The molecule has 0 aromatic heterocycles. The number of nitrogens with one attached hydrogen (secondary N) is 1. The first kappa shape index (κ1) is 20.3. The van der Waals surface area contributed by atoms with Gasteiger partial charge in [-0.3, -0.25) is 4.79 Å². The van der Waals surface area contributed by atoms with Gasteiger partial charge in [0.15, 0.2) is 10.9 Å². The molecule has 0 radical (unpaired) electrons. The lowest BCUT2D eigenvalue weighted by Gasteiger charge is -2.37. The molecule has 0 bridgehead atoms. The van der Waals surface area contributed by atoms with Crippen molar-refractivity contribution in [3.63, 3.8) is 0 Å². The highest BCUT2D eigenvalue weighted by molar-refractivity contribution is 7.80. The number of ketones is 1. The molecule has 0 aliphatic carbocycles. The number of piperazine rings is 1. The molecule has 1 N–H and O–H groups in total. The van der Waals surface area contributed by atoms with Crippen LogP contribution in [0.15, 0.2) is 42.5 Å². The van der Waals surface area contributed by atoms with E-state index in [0.717, 1.165) is 5.69 Å². The molecule has 1 aliphatic rings. The normalized spacial score (nSPS) is 14.3. The van der Waals surface area contributed by atoms with E-state index in [9.17, 15) is 9.18 Å². The summed E-state index contributed by atoms with van der Waals surface area (Å²) in [6.07, 6.45) is 0. The molecule has 148 valence electrons. The standard InChI is InChI=1S/C22H26FN3OS/c1-15(2)17-4-7-19(8-5-17)24-22(28)26-12-10-25(11-13-26)21-9-6-18(16(3)27)14-20(21)23/h4-9,14-15H,10-13H2,1-3H3,(H,24,28). The van der Waals surface area contributed by atoms with Crippen LogP contribution >= 0.6 is 12.2 Å². The smallest absolute Gasteiger partial charge is 0.173 e. The van der Waals surface area contributed by atoms with Crippen molar-refractivity contribution in [2.24, 2.45) is 0 Å². The van der Waals surface area contributed by atoms with Gasteiger partial charge >= 0.3 is 0 Å². The van der Waals surface area contributed by atoms with Crippen molar-refractivity contribution in [1.82, 2.24) is 4.90 Å². The van der Waals surface area contributed by atoms with Crippen LogP contribution in [0.25, 0.3) is 0 Å². The molecular formula is C22H26FN3OS. The van der Waals surface area contributed by atoms with Crippen LogP contribution in [0.2, 0.25) is 0 Å². The van der Waals surface area contributed by atoms with Crippen molar-refractivity contribution >= 4 is 34.5 Å². The monoisotopic (exact) mass is 399 g/mol. The molecule has 2 aromatic carbocycles. The Labute approximate surface area is 171 Å². The van der Waals surface area contributed by atoms with Gasteiger partial charge in [-0.15, -0.1) is 0 Å². The van der Waals surface area contributed by atoms with Crippen molar-refractivity contribution < 1.29 is 9.18 Å². The highest BCUT2D eigenvalue weighted by atomic mass is 32.1. The summed E-state index contributed by atoms with van der Waals surface area (Å²) in [7, 11) is 0. The maximum Gasteiger partial charge on any atom is 0.173 e. The van der Waals surface area contributed by atoms with E-state index >= 15 is 0 Å². The molecular weight excluding hydrogens is 373 g/mol. The van der Waals surface area contributed by atoms with Crippen molar-refractivity contribution in [2.75, 3.05) is 36.4 Å². The number of carbonyl (C=O) groups is 1. The molecule has 0 atom stereocenters. The van der Waals surface area contributed by atoms with Gasteiger partial charge in [-0.05, 0) is 61.0 Å². The highest BCUT2D eigenvalue weighted by Crippen LogP contribution is 2.23. The predicted octanol–water partition coefficient (Wildman–Crippen LogP) is 4.67. The lowest BCUT2D eigenvalue weighted by Crippen LogP contribution is -2.50. The Morgan fingerprint density at radius 2 is 1.71 bits per heavy atom. The summed E-state index contributed by atoms with van der Waals surface area (Å²) < 4.78 is 14.4. The minimum Gasteiger partial charge on any atom is -0.366 e. The fourth-order valence-electron chi connectivity index (χ4n) is 3.29. The number of thiocarbonyl (C=S) groups is 1. The van der Waals surface area contributed by atoms with E-state index in [0.29, 0.717) is 48.5 Å². The third-order valence-corrected chi connectivity index (χ3v) is 5.45. The first-order valence-corrected chi connectivity index (χ1v) is 9.97. The molecule has 1 saturated heterocycles. The molecule has 1 heterocycles. The lowest BCUT2D eigenvalue weighted by atomic mass is 10.0. The van der Waals surface area contributed by atoms with Gasteiger partial charge in [-0.25, -0.2) is 4.39 Å². The zero-order valence-electron chi connectivity index (χ0n) is 16.5. The minimum absolute atomic E-state index is 0.131. The highest BCUT2D eigenvalue weighted by Gasteiger charge is 2.21. The van der Waals surface area contributed by atoms with Crippen LogP contribution in [0.1, 0.15) is 42.6 Å². The van der Waals surface area contributed by atoms with Crippen molar-refractivity contribution in [3.8, 4) is 0 Å². The molecule has 0 unspecified atom stereocenters. The summed E-state index contributed by atoms with van der Waals surface area (Å²) in [4.78, 5) is 15.5. The van der Waals surface area contributed by atoms with Gasteiger partial charge in [0.25, 0.3) is 0 Å². The van der Waals surface area contributed by atoms with Crippen LogP contribution in [0.5, 0.6) is 0 Å². The van der Waals surface area contributed by atoms with Gasteiger partial charge in [0.1, 0.15) is 5.82 Å². The van der Waals surface area contributed by atoms with E-state index in [1.54, 1.807) is 12.1 Å². The lowest BCUT2D eigenvalue weighted by molar-refractivity contribution is 0.101. The molecule has 1 fully saturated rings. The third-order valence-electron chi connectivity index (χ3n) is 5.09. The second-order valence-electron chi connectivity index (χ2n) is 7.40. The Balaban J connectivity index is 1.57. The average molecular weight is 400 g/mol. The molecule has 0 spiro atoms. The van der Waals surface area contributed by atoms with Crippen molar-refractivity contribution in [1.29, 1.82) is 0 Å². The first-order chi connectivity index (χ1) is 13.3. The van der Waals surface area contributed by atoms with Crippen LogP contribution in [0.3, 0.4) is 0 Å². The number of hydrogen-bond acceptors (Lipinski definition) is 3. The number of anilines is 2. The summed E-state index contributed by atoms with van der Waals surface area (Å²) in [5.74, 6) is 0.0131. The van der Waals surface area contributed by atoms with E-state index in [-0.39, 0.29) is 11.6 Å². The molecule has 6 heteroatoms. The number of benzene rings is 2. The Bertz CT molecular complexity index is 859. The van der Waals surface area contributed by atoms with Crippen molar-refractivity contribution in [2.45, 2.75) is 26.7 Å². The van der Waals surface area contributed by atoms with Gasteiger partial charge in [0.05, 0.1) is 5.69 Å². The van der Waals surface area contributed by atoms with Gasteiger partial charge in [-0.2, -0.15) is 0 Å². The second kappa shape index (κ2) is 8.69. The number of rotatable bonds is 4. The fraction of sp³-hybridized carbons (Fsp3) is 0.364. The number of halogens is 1. The summed E-state index contributed by atoms with van der Waals surface area (Å²) in [5, 5.41) is 3.98. The van der Waals surface area contributed by atoms with Crippen LogP contribution in [-0.2, 0) is 0 Å². The zero-order chi connectivity index (χ0) is 20.3. The number of hydrogen-bond donors (Lipinski definition) is 1. The Morgan fingerprint density at radius 1 is 1.07 bits per heavy atom. The van der Waals surface area contributed by atoms with Crippen LogP contribution in [-0.4, -0.2) is 42.0 Å². The maximum absolute atomic E-state index is 14.4. The largest absolute Gasteiger partial charge is 0.366 e. The van der Waals surface area contributed by atoms with Gasteiger partial charge in [-0.1, -0.05) is 26.0 Å². The van der Waals surface area contributed by atoms with Gasteiger partial charge < -0.3 is 15.1 Å². The molecule has 0 saturated carbocycles. The van der Waals surface area contributed by atoms with Crippen LogP contribution in [0, 0.1) is 5.82 Å². The molecule has 4 nitrogen and oxygen atoms in total. The van der Waals surface area contributed by atoms with Crippen molar-refractivity contribution in [3.05, 3.63) is 59.4 Å². The second-order valence-corrected chi connectivity index (χ2v) is 7.79. The molecule has 2 aromatic rings. The topological polar surface area (TPSA) is 35.6 Å². The van der Waals surface area contributed by atoms with E-state index in [2.05, 4.69) is 36.2 Å². The minimum atomic E-state index is -0.355. The predicted molar refractivity (Wildman–Crippen MR) is 117 cm³/mol. The van der Waals surface area contributed by atoms with E-state index in [4.69, 9.17) is 12.2 Å². The van der Waals surface area contributed by atoms with E-state index in [1.807, 2.05) is 17.0 Å². The molecule has 1 aliphatic heterocycles.